The van der Waals surface area contributed by atoms with Crippen molar-refractivity contribution in [1.82, 2.24) is 5.32 Å². The van der Waals surface area contributed by atoms with Crippen molar-refractivity contribution in [1.29, 1.82) is 0 Å². The predicted octanol–water partition coefficient (Wildman–Crippen LogP) is 2.43. The molecule has 0 unspecified atom stereocenters. The number of hydrogen-bond donors (Lipinski definition) is 2. The van der Waals surface area contributed by atoms with Crippen LogP contribution < -0.4 is 5.32 Å². The molecule has 2 N–H and O–H groups in total. The number of benzene rings is 1. The summed E-state index contributed by atoms with van der Waals surface area (Å²) < 4.78 is 1.03. The minimum Gasteiger partial charge on any atom is -0.394 e. The summed E-state index contributed by atoms with van der Waals surface area (Å²) in [6, 6.07) is 7.69. The number of nitrogens with one attached hydrogen (secondary N) is 1. The minimum atomic E-state index is -0.131. The summed E-state index contributed by atoms with van der Waals surface area (Å²) in [7, 11) is 0. The highest BCUT2D eigenvalue weighted by Crippen LogP contribution is 2.20. The summed E-state index contributed by atoms with van der Waals surface area (Å²) in [5.74, 6) is 0.330. The van der Waals surface area contributed by atoms with E-state index in [2.05, 4.69) is 21.2 Å². The number of rotatable bonds is 6. The summed E-state index contributed by atoms with van der Waals surface area (Å²) in [4.78, 5) is 12.6. The Morgan fingerprint density at radius 1 is 1.47 bits per heavy atom. The van der Waals surface area contributed by atoms with Gasteiger partial charge in [0.25, 0.3) is 0 Å². The van der Waals surface area contributed by atoms with Gasteiger partial charge in [0.2, 0.25) is 5.91 Å². The number of thioether (sulfide) groups is 1. The molecular weight excluding hydrogens is 302 g/mol. The van der Waals surface area contributed by atoms with Crippen molar-refractivity contribution in [3.63, 3.8) is 0 Å². The summed E-state index contributed by atoms with van der Waals surface area (Å²) in [5.41, 5.74) is 0. The molecule has 0 bridgehead atoms. The maximum Gasteiger partial charge on any atom is 0.230 e. The SMILES string of the molecule is CC[C@H](CO)NC(=O)CSc1ccc(Br)cc1. The van der Waals surface area contributed by atoms with E-state index in [4.69, 9.17) is 5.11 Å². The van der Waals surface area contributed by atoms with Crippen LogP contribution in [-0.2, 0) is 4.79 Å². The van der Waals surface area contributed by atoms with Gasteiger partial charge in [-0.25, -0.2) is 0 Å². The van der Waals surface area contributed by atoms with Crippen LogP contribution in [0, 0.1) is 0 Å². The molecule has 0 heterocycles. The molecule has 0 fully saturated rings. The fourth-order valence-electron chi connectivity index (χ4n) is 1.23. The Balaban J connectivity index is 2.35. The lowest BCUT2D eigenvalue weighted by atomic mass is 10.2. The Morgan fingerprint density at radius 2 is 2.12 bits per heavy atom. The summed E-state index contributed by atoms with van der Waals surface area (Å²) in [6.45, 7) is 1.92. The molecule has 0 aliphatic rings. The molecule has 0 aliphatic heterocycles. The monoisotopic (exact) mass is 317 g/mol. The molecule has 3 nitrogen and oxygen atoms in total. The Labute approximate surface area is 114 Å². The van der Waals surface area contributed by atoms with E-state index in [1.807, 2.05) is 31.2 Å². The average molecular weight is 318 g/mol. The smallest absolute Gasteiger partial charge is 0.230 e. The number of aliphatic hydroxyl groups excluding tert-OH is 1. The summed E-state index contributed by atoms with van der Waals surface area (Å²) in [5, 5.41) is 11.7. The molecular formula is C12H16BrNO2S. The zero-order chi connectivity index (χ0) is 12.7. The lowest BCUT2D eigenvalue weighted by molar-refractivity contribution is -0.119. The maximum atomic E-state index is 11.6. The Morgan fingerprint density at radius 3 is 2.65 bits per heavy atom. The van der Waals surface area contributed by atoms with Crippen molar-refractivity contribution in [3.8, 4) is 0 Å². The third-order valence-corrected chi connectivity index (χ3v) is 3.80. The highest BCUT2D eigenvalue weighted by Gasteiger charge is 2.09. The van der Waals surface area contributed by atoms with Crippen LogP contribution >= 0.6 is 27.7 Å². The molecule has 94 valence electrons. The van der Waals surface area contributed by atoms with Crippen molar-refractivity contribution < 1.29 is 9.90 Å². The molecule has 0 saturated heterocycles. The second-order valence-electron chi connectivity index (χ2n) is 3.60. The standard InChI is InChI=1S/C12H16BrNO2S/c1-2-10(7-15)14-12(16)8-17-11-5-3-9(13)4-6-11/h3-6,10,15H,2,7-8H2,1H3,(H,14,16)/t10-/m1/s1. The summed E-state index contributed by atoms with van der Waals surface area (Å²) in [6.07, 6.45) is 0.741. The normalized spacial score (nSPS) is 12.2. The molecule has 1 amide bonds. The Hall–Kier alpha value is -0.520. The number of carbonyl (C=O) groups excluding carboxylic acids is 1. The molecule has 1 aromatic rings. The Kier molecular flexibility index (Phi) is 6.62. The van der Waals surface area contributed by atoms with E-state index in [1.165, 1.54) is 11.8 Å². The molecule has 0 aromatic heterocycles. The van der Waals surface area contributed by atoms with Crippen molar-refractivity contribution in [3.05, 3.63) is 28.7 Å². The third-order valence-electron chi connectivity index (χ3n) is 2.26. The van der Waals surface area contributed by atoms with Gasteiger partial charge in [-0.1, -0.05) is 22.9 Å². The van der Waals surface area contributed by atoms with Crippen molar-refractivity contribution in [2.45, 2.75) is 24.3 Å². The molecule has 1 aromatic carbocycles. The van der Waals surface area contributed by atoms with Gasteiger partial charge < -0.3 is 10.4 Å². The summed E-state index contributed by atoms with van der Waals surface area (Å²) >= 11 is 4.85. The van der Waals surface area contributed by atoms with Crippen LogP contribution in [0.3, 0.4) is 0 Å². The van der Waals surface area contributed by atoms with Gasteiger partial charge in [0.1, 0.15) is 0 Å². The van der Waals surface area contributed by atoms with Crippen LogP contribution in [0.25, 0.3) is 0 Å². The first-order valence-corrected chi connectivity index (χ1v) is 7.22. The van der Waals surface area contributed by atoms with E-state index in [0.29, 0.717) is 5.75 Å². The molecule has 0 saturated carbocycles. The molecule has 5 heteroatoms. The van der Waals surface area contributed by atoms with Crippen LogP contribution in [0.4, 0.5) is 0 Å². The Bertz CT molecular complexity index is 352. The minimum absolute atomic E-state index is 0.00874. The van der Waals surface area contributed by atoms with Gasteiger partial charge in [-0.3, -0.25) is 4.79 Å². The molecule has 0 radical (unpaired) electrons. The van der Waals surface area contributed by atoms with Gasteiger partial charge in [-0.15, -0.1) is 11.8 Å². The van der Waals surface area contributed by atoms with Crippen LogP contribution in [0.1, 0.15) is 13.3 Å². The van der Waals surface area contributed by atoms with Gasteiger partial charge in [0.15, 0.2) is 0 Å². The van der Waals surface area contributed by atoms with E-state index in [0.717, 1.165) is 15.8 Å². The fourth-order valence-corrected chi connectivity index (χ4v) is 2.20. The molecule has 17 heavy (non-hydrogen) atoms. The molecule has 0 spiro atoms. The number of aliphatic hydroxyl groups is 1. The van der Waals surface area contributed by atoms with E-state index < -0.39 is 0 Å². The first kappa shape index (κ1) is 14.5. The fraction of sp³-hybridized carbons (Fsp3) is 0.417. The van der Waals surface area contributed by atoms with Crippen molar-refractivity contribution >= 4 is 33.6 Å². The van der Waals surface area contributed by atoms with Crippen LogP contribution in [0.15, 0.2) is 33.6 Å². The third kappa shape index (κ3) is 5.57. The highest BCUT2D eigenvalue weighted by atomic mass is 79.9. The lowest BCUT2D eigenvalue weighted by Gasteiger charge is -2.13. The molecule has 1 atom stereocenters. The van der Waals surface area contributed by atoms with Gasteiger partial charge in [-0.05, 0) is 30.7 Å². The van der Waals surface area contributed by atoms with Gasteiger partial charge in [0.05, 0.1) is 18.4 Å². The van der Waals surface area contributed by atoms with E-state index in [1.54, 1.807) is 0 Å². The van der Waals surface area contributed by atoms with Crippen molar-refractivity contribution in [2.75, 3.05) is 12.4 Å². The number of hydrogen-bond acceptors (Lipinski definition) is 3. The second kappa shape index (κ2) is 7.74. The van der Waals surface area contributed by atoms with E-state index in [9.17, 15) is 4.79 Å². The zero-order valence-corrected chi connectivity index (χ0v) is 12.1. The van der Waals surface area contributed by atoms with Crippen molar-refractivity contribution in [2.24, 2.45) is 0 Å². The quantitative estimate of drug-likeness (QED) is 0.792. The van der Waals surface area contributed by atoms with Crippen LogP contribution in [0.2, 0.25) is 0 Å². The number of halogens is 1. The van der Waals surface area contributed by atoms with Crippen LogP contribution in [0.5, 0.6) is 0 Å². The predicted molar refractivity (Wildman–Crippen MR) is 74.2 cm³/mol. The average Bonchev–Trinajstić information content (AvgIpc) is 2.35. The molecule has 0 aliphatic carbocycles. The van der Waals surface area contributed by atoms with E-state index in [-0.39, 0.29) is 18.6 Å². The first-order valence-electron chi connectivity index (χ1n) is 5.44. The van der Waals surface area contributed by atoms with Gasteiger partial charge in [-0.2, -0.15) is 0 Å². The maximum absolute atomic E-state index is 11.6. The van der Waals surface area contributed by atoms with Crippen LogP contribution in [-0.4, -0.2) is 29.4 Å². The number of carbonyl (C=O) groups is 1. The number of amides is 1. The largest absolute Gasteiger partial charge is 0.394 e. The lowest BCUT2D eigenvalue weighted by Crippen LogP contribution is -2.37. The van der Waals surface area contributed by atoms with Gasteiger partial charge in [0, 0.05) is 9.37 Å². The highest BCUT2D eigenvalue weighted by molar-refractivity contribution is 9.10. The topological polar surface area (TPSA) is 49.3 Å². The zero-order valence-electron chi connectivity index (χ0n) is 9.65. The molecule has 1 rings (SSSR count). The van der Waals surface area contributed by atoms with Gasteiger partial charge >= 0.3 is 0 Å². The van der Waals surface area contributed by atoms with E-state index >= 15 is 0 Å². The first-order chi connectivity index (χ1) is 8.15. The second-order valence-corrected chi connectivity index (χ2v) is 5.56.